The van der Waals surface area contributed by atoms with Gasteiger partial charge in [-0.25, -0.2) is 0 Å². The number of aliphatic carboxylic acids is 1. The predicted octanol–water partition coefficient (Wildman–Crippen LogP) is 1.03. The first kappa shape index (κ1) is 17.2. The normalized spacial score (nSPS) is 30.5. The molecule has 1 heterocycles. The molecule has 20 heavy (non-hydrogen) atoms. The van der Waals surface area contributed by atoms with Gasteiger partial charge < -0.3 is 21.0 Å². The molecule has 0 bridgehead atoms. The number of carboxylic acids is 1. The standard InChI is InChI=1S/C14H24N2O3S/c1-9-12(10(2)20-9)4-5-14(3,15)8-16-11(7-17)6-13(18)19/h4-5,7,9-12,16H,6,8,15H2,1-3H3,(H,18,19)/b5-4+/t9?,10?,11-,12?,14?/m0/s1. The third-order valence-electron chi connectivity index (χ3n) is 3.52. The third-order valence-corrected chi connectivity index (χ3v) is 5.00. The molecule has 0 aromatic rings. The van der Waals surface area contributed by atoms with Crippen molar-refractivity contribution in [3.63, 3.8) is 0 Å². The van der Waals surface area contributed by atoms with Gasteiger partial charge in [0, 0.05) is 28.5 Å². The van der Waals surface area contributed by atoms with Crippen molar-refractivity contribution < 1.29 is 14.7 Å². The van der Waals surface area contributed by atoms with Crippen molar-refractivity contribution in [2.75, 3.05) is 6.54 Å². The number of hydrogen-bond donors (Lipinski definition) is 3. The van der Waals surface area contributed by atoms with Gasteiger partial charge in [-0.3, -0.25) is 4.79 Å². The molecule has 5 nitrogen and oxygen atoms in total. The van der Waals surface area contributed by atoms with Gasteiger partial charge in [0.15, 0.2) is 0 Å². The lowest BCUT2D eigenvalue weighted by Crippen LogP contribution is -2.48. The van der Waals surface area contributed by atoms with Crippen LogP contribution in [0, 0.1) is 5.92 Å². The summed E-state index contributed by atoms with van der Waals surface area (Å²) in [6.45, 7) is 6.62. The number of nitrogens with one attached hydrogen (secondary N) is 1. The molecule has 1 aliphatic heterocycles. The molecule has 114 valence electrons. The zero-order valence-electron chi connectivity index (χ0n) is 12.2. The quantitative estimate of drug-likeness (QED) is 0.458. The molecule has 1 fully saturated rings. The van der Waals surface area contributed by atoms with E-state index in [1.54, 1.807) is 0 Å². The summed E-state index contributed by atoms with van der Waals surface area (Å²) in [5.74, 6) is -0.471. The fraction of sp³-hybridized carbons (Fsp3) is 0.714. The lowest BCUT2D eigenvalue weighted by molar-refractivity contribution is -0.138. The van der Waals surface area contributed by atoms with E-state index in [0.29, 0.717) is 29.2 Å². The molecular weight excluding hydrogens is 276 g/mol. The van der Waals surface area contributed by atoms with Crippen molar-refractivity contribution in [3.05, 3.63) is 12.2 Å². The van der Waals surface area contributed by atoms with E-state index >= 15 is 0 Å². The Bertz CT molecular complexity index is 377. The second-order valence-electron chi connectivity index (χ2n) is 5.71. The summed E-state index contributed by atoms with van der Waals surface area (Å²) in [7, 11) is 0. The highest BCUT2D eigenvalue weighted by Gasteiger charge is 2.33. The fourth-order valence-corrected chi connectivity index (χ4v) is 3.64. The highest BCUT2D eigenvalue weighted by molar-refractivity contribution is 8.01. The van der Waals surface area contributed by atoms with E-state index in [1.807, 2.05) is 24.8 Å². The van der Waals surface area contributed by atoms with Crippen molar-refractivity contribution in [1.29, 1.82) is 0 Å². The Morgan fingerprint density at radius 3 is 2.55 bits per heavy atom. The Balaban J connectivity index is 2.46. The summed E-state index contributed by atoms with van der Waals surface area (Å²) in [5.41, 5.74) is 5.55. The second kappa shape index (κ2) is 7.24. The van der Waals surface area contributed by atoms with Crippen molar-refractivity contribution in [1.82, 2.24) is 5.32 Å². The molecule has 6 heteroatoms. The first-order chi connectivity index (χ1) is 9.25. The van der Waals surface area contributed by atoms with Gasteiger partial charge in [0.2, 0.25) is 0 Å². The Kier molecular flexibility index (Phi) is 6.23. The molecule has 1 saturated heterocycles. The second-order valence-corrected chi connectivity index (χ2v) is 7.47. The lowest BCUT2D eigenvalue weighted by atomic mass is 9.95. The van der Waals surface area contributed by atoms with Gasteiger partial charge in [-0.2, -0.15) is 11.8 Å². The topological polar surface area (TPSA) is 92.4 Å². The Morgan fingerprint density at radius 2 is 2.10 bits per heavy atom. The number of carboxylic acid groups (broad SMARTS) is 1. The molecular formula is C14H24N2O3S. The van der Waals surface area contributed by atoms with E-state index < -0.39 is 17.6 Å². The van der Waals surface area contributed by atoms with Gasteiger partial charge in [0.1, 0.15) is 6.29 Å². The van der Waals surface area contributed by atoms with Crippen LogP contribution in [0.1, 0.15) is 27.2 Å². The van der Waals surface area contributed by atoms with E-state index in [4.69, 9.17) is 10.8 Å². The van der Waals surface area contributed by atoms with Crippen LogP contribution in [0.25, 0.3) is 0 Å². The molecule has 3 unspecified atom stereocenters. The van der Waals surface area contributed by atoms with E-state index in [0.717, 1.165) is 0 Å². The molecule has 0 amide bonds. The summed E-state index contributed by atoms with van der Waals surface area (Å²) in [6, 6.07) is -0.694. The molecule has 1 aliphatic rings. The minimum Gasteiger partial charge on any atom is -0.481 e. The Hall–Kier alpha value is -0.850. The van der Waals surface area contributed by atoms with E-state index in [-0.39, 0.29) is 6.42 Å². The first-order valence-corrected chi connectivity index (χ1v) is 7.73. The number of hydrogen-bond acceptors (Lipinski definition) is 5. The molecule has 0 aromatic heterocycles. The molecule has 4 atom stereocenters. The van der Waals surface area contributed by atoms with Gasteiger partial charge in [-0.05, 0) is 6.92 Å². The van der Waals surface area contributed by atoms with Crippen LogP contribution in [-0.4, -0.2) is 46.0 Å². The van der Waals surface area contributed by atoms with Crippen LogP contribution >= 0.6 is 11.8 Å². The highest BCUT2D eigenvalue weighted by Crippen LogP contribution is 2.42. The van der Waals surface area contributed by atoms with E-state index in [9.17, 15) is 9.59 Å². The molecule has 0 radical (unpaired) electrons. The summed E-state index contributed by atoms with van der Waals surface area (Å²) >= 11 is 1.95. The van der Waals surface area contributed by atoms with Gasteiger partial charge >= 0.3 is 5.97 Å². The maximum absolute atomic E-state index is 10.8. The van der Waals surface area contributed by atoms with Crippen LogP contribution in [0.3, 0.4) is 0 Å². The van der Waals surface area contributed by atoms with Crippen molar-refractivity contribution in [3.8, 4) is 0 Å². The number of thioether (sulfide) groups is 1. The summed E-state index contributed by atoms with van der Waals surface area (Å²) in [5, 5.41) is 12.8. The Morgan fingerprint density at radius 1 is 1.50 bits per heavy atom. The van der Waals surface area contributed by atoms with Crippen LogP contribution in [-0.2, 0) is 9.59 Å². The maximum atomic E-state index is 10.8. The Labute approximate surface area is 124 Å². The average Bonchev–Trinajstić information content (AvgIpc) is 2.33. The molecule has 0 saturated carbocycles. The lowest BCUT2D eigenvalue weighted by Gasteiger charge is -2.39. The molecule has 4 N–H and O–H groups in total. The van der Waals surface area contributed by atoms with Crippen LogP contribution in [0.15, 0.2) is 12.2 Å². The largest absolute Gasteiger partial charge is 0.481 e. The summed E-state index contributed by atoms with van der Waals surface area (Å²) in [6.07, 6.45) is 4.48. The van der Waals surface area contributed by atoms with Gasteiger partial charge in [-0.15, -0.1) is 0 Å². The number of aldehydes is 1. The number of rotatable bonds is 8. The number of carbonyl (C=O) groups excluding carboxylic acids is 1. The van der Waals surface area contributed by atoms with Crippen LogP contribution in [0.2, 0.25) is 0 Å². The van der Waals surface area contributed by atoms with E-state index in [2.05, 4.69) is 25.2 Å². The van der Waals surface area contributed by atoms with Gasteiger partial charge in [0.05, 0.1) is 12.5 Å². The fourth-order valence-electron chi connectivity index (χ4n) is 2.22. The number of allylic oxidation sites excluding steroid dienone is 1. The average molecular weight is 300 g/mol. The smallest absolute Gasteiger partial charge is 0.305 e. The third kappa shape index (κ3) is 5.26. The molecule has 0 aromatic carbocycles. The van der Waals surface area contributed by atoms with Crippen LogP contribution in [0.5, 0.6) is 0 Å². The predicted molar refractivity (Wildman–Crippen MR) is 81.8 cm³/mol. The summed E-state index contributed by atoms with van der Waals surface area (Å²) < 4.78 is 0. The van der Waals surface area contributed by atoms with Crippen molar-refractivity contribution >= 4 is 24.0 Å². The first-order valence-electron chi connectivity index (χ1n) is 6.79. The highest BCUT2D eigenvalue weighted by atomic mass is 32.2. The monoisotopic (exact) mass is 300 g/mol. The minimum atomic E-state index is -1.00. The van der Waals surface area contributed by atoms with Crippen LogP contribution < -0.4 is 11.1 Å². The van der Waals surface area contributed by atoms with Gasteiger partial charge in [0.25, 0.3) is 0 Å². The van der Waals surface area contributed by atoms with Crippen LogP contribution in [0.4, 0.5) is 0 Å². The summed E-state index contributed by atoms with van der Waals surface area (Å²) in [4.78, 5) is 21.4. The van der Waals surface area contributed by atoms with E-state index in [1.165, 1.54) is 0 Å². The zero-order valence-corrected chi connectivity index (χ0v) is 13.0. The molecule has 0 aliphatic carbocycles. The van der Waals surface area contributed by atoms with Crippen molar-refractivity contribution in [2.45, 2.75) is 49.3 Å². The maximum Gasteiger partial charge on any atom is 0.305 e. The van der Waals surface area contributed by atoms with Gasteiger partial charge in [-0.1, -0.05) is 26.0 Å². The SMILES string of the molecule is CC1SC(C)C1/C=C/C(C)(N)CN[C@H](C=O)CC(=O)O. The molecule has 1 rings (SSSR count). The number of nitrogens with two attached hydrogens (primary N) is 1. The van der Waals surface area contributed by atoms with Crippen molar-refractivity contribution in [2.24, 2.45) is 11.7 Å². The molecule has 0 spiro atoms. The minimum absolute atomic E-state index is 0.226. The number of carbonyl (C=O) groups is 2. The zero-order chi connectivity index (χ0) is 15.3.